The van der Waals surface area contributed by atoms with Gasteiger partial charge < -0.3 is 25.4 Å². The summed E-state index contributed by atoms with van der Waals surface area (Å²) in [5.41, 5.74) is 10.9. The van der Waals surface area contributed by atoms with Crippen LogP contribution in [0.1, 0.15) is 11.1 Å². The molecule has 186 valence electrons. The van der Waals surface area contributed by atoms with Crippen LogP contribution in [0, 0.1) is 18.3 Å². The highest BCUT2D eigenvalue weighted by atomic mass is 16.5. The van der Waals surface area contributed by atoms with Gasteiger partial charge in [-0.15, -0.1) is 0 Å². The van der Waals surface area contributed by atoms with Crippen LogP contribution in [0.3, 0.4) is 0 Å². The molecule has 10 nitrogen and oxygen atoms in total. The van der Waals surface area contributed by atoms with E-state index < -0.39 is 0 Å². The zero-order valence-electron chi connectivity index (χ0n) is 20.8. The lowest BCUT2D eigenvalue weighted by atomic mass is 10.1. The van der Waals surface area contributed by atoms with Gasteiger partial charge in [0.2, 0.25) is 0 Å². The van der Waals surface area contributed by atoms with Crippen molar-refractivity contribution in [2.75, 3.05) is 38.3 Å². The molecule has 10 heteroatoms. The van der Waals surface area contributed by atoms with Gasteiger partial charge in [-0.25, -0.2) is 9.50 Å². The fourth-order valence-corrected chi connectivity index (χ4v) is 3.89. The molecule has 0 spiro atoms. The Kier molecular flexibility index (Phi) is 6.45. The third kappa shape index (κ3) is 5.07. The van der Waals surface area contributed by atoms with Gasteiger partial charge >= 0.3 is 0 Å². The third-order valence-corrected chi connectivity index (χ3v) is 5.84. The van der Waals surface area contributed by atoms with Crippen molar-refractivity contribution in [2.24, 2.45) is 0 Å². The molecule has 37 heavy (non-hydrogen) atoms. The fraction of sp³-hybridized carbons (Fsp3) is 0.185. The van der Waals surface area contributed by atoms with Gasteiger partial charge in [-0.2, -0.15) is 10.4 Å². The first kappa shape index (κ1) is 23.8. The number of nitrogen functional groups attached to an aromatic ring is 1. The van der Waals surface area contributed by atoms with E-state index in [4.69, 9.17) is 15.2 Å². The summed E-state index contributed by atoms with van der Waals surface area (Å²) in [6, 6.07) is 15.2. The lowest BCUT2D eigenvalue weighted by molar-refractivity contribution is 0.262. The molecule has 0 atom stereocenters. The van der Waals surface area contributed by atoms with Crippen LogP contribution in [0.5, 0.6) is 17.2 Å². The van der Waals surface area contributed by atoms with Crippen LogP contribution < -0.4 is 20.5 Å². The number of hydrogen-bond acceptors (Lipinski definition) is 9. The van der Waals surface area contributed by atoms with Crippen molar-refractivity contribution in [3.8, 4) is 23.3 Å². The molecule has 0 aliphatic carbocycles. The molecule has 0 amide bonds. The minimum atomic E-state index is 0.410. The number of rotatable bonds is 8. The van der Waals surface area contributed by atoms with Gasteiger partial charge in [-0.1, -0.05) is 0 Å². The van der Waals surface area contributed by atoms with Crippen LogP contribution in [-0.4, -0.2) is 51.7 Å². The van der Waals surface area contributed by atoms with Crippen LogP contribution in [-0.2, 0) is 0 Å². The average Bonchev–Trinajstić information content (AvgIpc) is 3.34. The monoisotopic (exact) mass is 494 g/mol. The number of pyridine rings is 2. The number of anilines is 3. The van der Waals surface area contributed by atoms with E-state index in [0.717, 1.165) is 23.2 Å². The second kappa shape index (κ2) is 10.0. The highest BCUT2D eigenvalue weighted by Crippen LogP contribution is 2.36. The first-order chi connectivity index (χ1) is 17.9. The average molecular weight is 495 g/mol. The maximum Gasteiger partial charge on any atom is 0.158 e. The number of hydrogen-bond donors (Lipinski definition) is 2. The minimum absolute atomic E-state index is 0.410. The van der Waals surface area contributed by atoms with Crippen LogP contribution in [0.25, 0.3) is 16.6 Å². The molecule has 0 saturated heterocycles. The summed E-state index contributed by atoms with van der Waals surface area (Å²) >= 11 is 0. The van der Waals surface area contributed by atoms with Crippen molar-refractivity contribution >= 4 is 33.6 Å². The Morgan fingerprint density at radius 1 is 1.11 bits per heavy atom. The van der Waals surface area contributed by atoms with E-state index in [1.807, 2.05) is 56.3 Å². The molecule has 0 radical (unpaired) electrons. The summed E-state index contributed by atoms with van der Waals surface area (Å²) < 4.78 is 13.6. The maximum absolute atomic E-state index is 9.75. The molecular weight excluding hydrogens is 468 g/mol. The Morgan fingerprint density at radius 2 is 1.97 bits per heavy atom. The van der Waals surface area contributed by atoms with E-state index in [1.54, 1.807) is 29.0 Å². The van der Waals surface area contributed by atoms with Crippen molar-refractivity contribution < 1.29 is 9.47 Å². The van der Waals surface area contributed by atoms with Gasteiger partial charge in [-0.3, -0.25) is 4.98 Å². The quantitative estimate of drug-likeness (QED) is 0.299. The molecule has 3 N–H and O–H groups in total. The predicted octanol–water partition coefficient (Wildman–Crippen LogP) is 4.52. The highest BCUT2D eigenvalue weighted by Gasteiger charge is 2.14. The summed E-state index contributed by atoms with van der Waals surface area (Å²) in [7, 11) is 3.96. The number of nitriles is 1. The number of ether oxygens (including phenoxy) is 2. The molecule has 0 aliphatic heterocycles. The van der Waals surface area contributed by atoms with Gasteiger partial charge in [0.1, 0.15) is 36.3 Å². The number of aromatic nitrogens is 4. The molecule has 2 aromatic carbocycles. The van der Waals surface area contributed by atoms with Crippen molar-refractivity contribution in [1.82, 2.24) is 24.5 Å². The first-order valence-corrected chi connectivity index (χ1v) is 11.7. The summed E-state index contributed by atoms with van der Waals surface area (Å²) in [6.45, 7) is 3.23. The van der Waals surface area contributed by atoms with E-state index in [1.165, 1.54) is 6.33 Å². The summed E-state index contributed by atoms with van der Waals surface area (Å²) in [4.78, 5) is 10.7. The second-order valence-corrected chi connectivity index (χ2v) is 8.85. The normalized spacial score (nSPS) is 11.1. The molecule has 0 saturated carbocycles. The Morgan fingerprint density at radius 3 is 2.76 bits per heavy atom. The highest BCUT2D eigenvalue weighted by molar-refractivity contribution is 5.98. The SMILES string of the molecule is Cc1cc(Nc2c(C#N)cnc3cc(OCCN(C)C)c(N)cc23)ccc1Oc1ccn2ncnc2c1. The smallest absolute Gasteiger partial charge is 0.158 e. The van der Waals surface area contributed by atoms with Crippen LogP contribution >= 0.6 is 0 Å². The predicted molar refractivity (Wildman–Crippen MR) is 142 cm³/mol. The Hall–Kier alpha value is -4.88. The zero-order valence-corrected chi connectivity index (χ0v) is 20.8. The van der Waals surface area contributed by atoms with Crippen LogP contribution in [0.4, 0.5) is 17.1 Å². The van der Waals surface area contributed by atoms with Gasteiger partial charge in [0.25, 0.3) is 0 Å². The number of benzene rings is 2. The molecule has 5 rings (SSSR count). The van der Waals surface area contributed by atoms with Crippen molar-refractivity contribution in [2.45, 2.75) is 6.92 Å². The molecule has 3 aromatic heterocycles. The molecular formula is C27H26N8O2. The van der Waals surface area contributed by atoms with Crippen LogP contribution in [0.2, 0.25) is 0 Å². The standard InChI is InChI=1S/C27H26N8O2/c1-17-10-19(4-5-24(17)37-20-6-7-35-26(11-20)31-16-32-35)33-27-18(14-28)15-30-23-13-25(22(29)12-21(23)27)36-9-8-34(2)3/h4-7,10-13,15-16H,8-9,29H2,1-3H3,(H,30,33). The summed E-state index contributed by atoms with van der Waals surface area (Å²) in [5, 5.41) is 18.0. The Bertz CT molecular complexity index is 1640. The number of aryl methyl sites for hydroxylation is 1. The van der Waals surface area contributed by atoms with Crippen LogP contribution in [0.15, 0.2) is 61.2 Å². The van der Waals surface area contributed by atoms with Crippen molar-refractivity contribution in [1.29, 1.82) is 5.26 Å². The lowest BCUT2D eigenvalue weighted by Gasteiger charge is -2.16. The summed E-state index contributed by atoms with van der Waals surface area (Å²) in [5.74, 6) is 1.94. The topological polar surface area (TPSA) is 127 Å². The molecule has 0 bridgehead atoms. The van der Waals surface area contributed by atoms with Crippen molar-refractivity contribution in [3.63, 3.8) is 0 Å². The number of fused-ring (bicyclic) bond motifs is 2. The molecule has 3 heterocycles. The van der Waals surface area contributed by atoms with Crippen molar-refractivity contribution in [3.05, 3.63) is 72.3 Å². The lowest BCUT2D eigenvalue weighted by Crippen LogP contribution is -2.19. The fourth-order valence-electron chi connectivity index (χ4n) is 3.89. The van der Waals surface area contributed by atoms with E-state index in [0.29, 0.717) is 52.0 Å². The maximum atomic E-state index is 9.75. The molecule has 0 fully saturated rings. The van der Waals surface area contributed by atoms with Gasteiger partial charge in [0.05, 0.1) is 22.5 Å². The zero-order chi connectivity index (χ0) is 25.9. The Balaban J connectivity index is 1.41. The number of nitrogens with two attached hydrogens (primary N) is 1. The number of likely N-dealkylation sites (N-methyl/N-ethyl adjacent to an activating group) is 1. The number of nitrogens with zero attached hydrogens (tertiary/aromatic N) is 6. The van der Waals surface area contributed by atoms with Gasteiger partial charge in [0.15, 0.2) is 5.65 Å². The largest absolute Gasteiger partial charge is 0.490 e. The number of nitrogens with one attached hydrogen (secondary N) is 1. The third-order valence-electron chi connectivity index (χ3n) is 5.84. The van der Waals surface area contributed by atoms with E-state index in [9.17, 15) is 5.26 Å². The summed E-state index contributed by atoms with van der Waals surface area (Å²) in [6.07, 6.45) is 4.84. The molecule has 0 unspecified atom stereocenters. The second-order valence-electron chi connectivity index (χ2n) is 8.85. The van der Waals surface area contributed by atoms with E-state index >= 15 is 0 Å². The minimum Gasteiger partial charge on any atom is -0.490 e. The van der Waals surface area contributed by atoms with E-state index in [2.05, 4.69) is 26.5 Å². The Labute approximate surface area is 213 Å². The first-order valence-electron chi connectivity index (χ1n) is 11.7. The van der Waals surface area contributed by atoms with Gasteiger partial charge in [-0.05, 0) is 56.9 Å². The molecule has 0 aliphatic rings. The van der Waals surface area contributed by atoms with Gasteiger partial charge in [0, 0.05) is 42.1 Å². The molecule has 5 aromatic rings. The van der Waals surface area contributed by atoms with E-state index in [-0.39, 0.29) is 0 Å².